The van der Waals surface area contributed by atoms with Crippen molar-refractivity contribution in [3.05, 3.63) is 45.9 Å². The zero-order valence-electron chi connectivity index (χ0n) is 39.7. The Morgan fingerprint density at radius 1 is 0.556 bits per heavy atom. The molecule has 0 spiro atoms. The van der Waals surface area contributed by atoms with Crippen LogP contribution in [0.3, 0.4) is 0 Å². The van der Waals surface area contributed by atoms with E-state index in [0.29, 0.717) is 21.8 Å². The molecule has 0 N–H and O–H groups in total. The number of piperazine rings is 1. The fourth-order valence-electron chi connectivity index (χ4n) is 7.07. The van der Waals surface area contributed by atoms with Gasteiger partial charge in [0.15, 0.2) is 0 Å². The third kappa shape index (κ3) is 19.6. The van der Waals surface area contributed by atoms with Crippen molar-refractivity contribution in [2.45, 2.75) is 134 Å². The van der Waals surface area contributed by atoms with Gasteiger partial charge in [-0.1, -0.05) is 94.7 Å². The summed E-state index contributed by atoms with van der Waals surface area (Å²) in [5.74, 6) is 1.88. The average Bonchev–Trinajstić information content (AvgIpc) is 3.00. The van der Waals surface area contributed by atoms with Crippen LogP contribution in [0.25, 0.3) is 0 Å². The second kappa shape index (κ2) is 21.3. The Balaban J connectivity index is 0.000000338. The molecule has 3 saturated heterocycles. The van der Waals surface area contributed by atoms with Crippen LogP contribution in [0.15, 0.2) is 34.8 Å². The maximum atomic E-state index is 11.2. The van der Waals surface area contributed by atoms with Crippen LogP contribution in [0.1, 0.15) is 129 Å². The maximum absolute atomic E-state index is 11.2. The lowest BCUT2D eigenvalue weighted by atomic mass is 9.75. The molecule has 0 atom stereocenters. The van der Waals surface area contributed by atoms with E-state index in [9.17, 15) is 4.79 Å². The van der Waals surface area contributed by atoms with Crippen LogP contribution in [0.2, 0.25) is 0 Å². The van der Waals surface area contributed by atoms with E-state index in [1.165, 1.54) is 78.2 Å². The van der Waals surface area contributed by atoms with Crippen molar-refractivity contribution in [3.63, 3.8) is 0 Å². The number of likely N-dealkylation sites (N-methyl/N-ethyl adjacent to an activating group) is 2. The number of rotatable bonds is 0. The van der Waals surface area contributed by atoms with Gasteiger partial charge in [0, 0.05) is 77.2 Å². The summed E-state index contributed by atoms with van der Waals surface area (Å²) in [4.78, 5) is 23.3. The Kier molecular flexibility index (Phi) is 19.9. The zero-order chi connectivity index (χ0) is 41.9. The Bertz CT molecular complexity index is 1240. The first-order valence-electron chi connectivity index (χ1n) is 21.3. The summed E-state index contributed by atoms with van der Waals surface area (Å²) in [5, 5.41) is 0. The van der Waals surface area contributed by atoms with Gasteiger partial charge < -0.3 is 24.2 Å². The predicted octanol–water partition coefficient (Wildman–Crippen LogP) is 8.98. The predicted molar refractivity (Wildman–Crippen MR) is 239 cm³/mol. The van der Waals surface area contributed by atoms with Gasteiger partial charge in [-0.05, 0) is 126 Å². The Hall–Kier alpha value is -1.51. The highest BCUT2D eigenvalue weighted by Crippen LogP contribution is 2.34. The highest BCUT2D eigenvalue weighted by Gasteiger charge is 2.33. The third-order valence-electron chi connectivity index (χ3n) is 12.0. The largest absolute Gasteiger partial charge is 0.319 e. The van der Waals surface area contributed by atoms with Gasteiger partial charge in [0.25, 0.3) is 5.56 Å². The standard InChI is InChI=1S/C10H15NO.C10H21N.C10H19N.C9H20N2.C8H17N/c1-10(2,3)8-5-6-11(4)9(12)7-8;2*1-10(2,3)9-5-7-11(4)8-6-9;1-9(2,3)11-7-5-10(4)6-8-11;1-8(2,3)7-5-9(4)6-7/h5-7H,1-4H3;9H,5-8H2,1-4H3;5H,6-8H2,1-4H3;5-8H2,1-4H3;7H,5-6H2,1-4H3. The van der Waals surface area contributed by atoms with Crippen molar-refractivity contribution < 1.29 is 0 Å². The summed E-state index contributed by atoms with van der Waals surface area (Å²) < 4.78 is 1.58. The molecule has 4 aliphatic rings. The van der Waals surface area contributed by atoms with Crippen LogP contribution < -0.4 is 5.56 Å². The number of hydrogen-bond acceptors (Lipinski definition) is 6. The van der Waals surface area contributed by atoms with E-state index in [0.717, 1.165) is 23.9 Å². The van der Waals surface area contributed by atoms with Gasteiger partial charge in [-0.25, -0.2) is 0 Å². The van der Waals surface area contributed by atoms with Crippen LogP contribution >= 0.6 is 0 Å². The topological polar surface area (TPSA) is 38.2 Å². The minimum Gasteiger partial charge on any atom is -0.319 e. The maximum Gasteiger partial charge on any atom is 0.250 e. The lowest BCUT2D eigenvalue weighted by Gasteiger charge is -2.44. The molecule has 0 unspecified atom stereocenters. The van der Waals surface area contributed by atoms with Gasteiger partial charge in [-0.2, -0.15) is 0 Å². The SMILES string of the molecule is CN1CC(C(C)(C)C)C1.CN1CC=C(C(C)(C)C)CC1.CN1CCC(C(C)(C)C)CC1.CN1CCN(C(C)(C)C)CC1.Cn1ccc(C(C)(C)C)cc1=O. The molecule has 7 nitrogen and oxygen atoms in total. The minimum absolute atomic E-state index is 0.0578. The van der Waals surface area contributed by atoms with Crippen LogP contribution in [-0.4, -0.2) is 128 Å². The minimum atomic E-state index is 0.0578. The first-order valence-corrected chi connectivity index (χ1v) is 21.3. The molecule has 5 heterocycles. The molecular formula is C47H92N6O. The highest BCUT2D eigenvalue weighted by molar-refractivity contribution is 5.19. The molecule has 54 heavy (non-hydrogen) atoms. The van der Waals surface area contributed by atoms with Crippen molar-refractivity contribution >= 4 is 0 Å². The van der Waals surface area contributed by atoms with E-state index < -0.39 is 0 Å². The Morgan fingerprint density at radius 3 is 1.37 bits per heavy atom. The second-order valence-corrected chi connectivity index (χ2v) is 22.3. The van der Waals surface area contributed by atoms with E-state index in [1.54, 1.807) is 23.3 Å². The van der Waals surface area contributed by atoms with Gasteiger partial charge >= 0.3 is 0 Å². The fourth-order valence-corrected chi connectivity index (χ4v) is 7.07. The molecule has 7 heteroatoms. The van der Waals surface area contributed by atoms with E-state index in [4.69, 9.17) is 0 Å². The monoisotopic (exact) mass is 757 g/mol. The molecule has 0 amide bonds. The number of piperidine rings is 1. The number of aryl methyl sites for hydroxylation is 1. The van der Waals surface area contributed by atoms with Crippen molar-refractivity contribution in [2.75, 3.05) is 93.6 Å². The normalized spacial score (nSPS) is 20.8. The number of aromatic nitrogens is 1. The first-order chi connectivity index (χ1) is 24.4. The molecule has 316 valence electrons. The van der Waals surface area contributed by atoms with Crippen LogP contribution in [-0.2, 0) is 12.5 Å². The molecule has 0 saturated carbocycles. The fraction of sp³-hybridized carbons (Fsp3) is 0.851. The molecule has 0 radical (unpaired) electrons. The molecule has 1 aromatic heterocycles. The van der Waals surface area contributed by atoms with Crippen molar-refractivity contribution in [3.8, 4) is 0 Å². The van der Waals surface area contributed by atoms with Gasteiger partial charge in [0.2, 0.25) is 0 Å². The first kappa shape index (κ1) is 50.5. The summed E-state index contributed by atoms with van der Waals surface area (Å²) in [6.45, 7) is 46.5. The number of likely N-dealkylation sites (tertiary alicyclic amines) is 2. The van der Waals surface area contributed by atoms with Crippen molar-refractivity contribution in [2.24, 2.45) is 35.1 Å². The molecule has 0 bridgehead atoms. The van der Waals surface area contributed by atoms with Gasteiger partial charge in [0.1, 0.15) is 0 Å². The number of hydrogen-bond donors (Lipinski definition) is 0. The smallest absolute Gasteiger partial charge is 0.250 e. The molecule has 3 fully saturated rings. The van der Waals surface area contributed by atoms with Crippen molar-refractivity contribution in [1.82, 2.24) is 29.1 Å². The van der Waals surface area contributed by atoms with E-state index in [2.05, 4.69) is 163 Å². The zero-order valence-corrected chi connectivity index (χ0v) is 39.7. The lowest BCUT2D eigenvalue weighted by Crippen LogP contribution is -2.52. The summed E-state index contributed by atoms with van der Waals surface area (Å²) in [7, 11) is 10.5. The second-order valence-electron chi connectivity index (χ2n) is 22.3. The summed E-state index contributed by atoms with van der Waals surface area (Å²) >= 11 is 0. The molecule has 1 aromatic rings. The number of pyridine rings is 1. The highest BCUT2D eigenvalue weighted by atomic mass is 16.1. The quantitative estimate of drug-likeness (QED) is 0.246. The molecule has 0 aromatic carbocycles. The summed E-state index contributed by atoms with van der Waals surface area (Å²) in [6.07, 6.45) is 8.21. The van der Waals surface area contributed by atoms with E-state index >= 15 is 0 Å². The Labute approximate surface area is 336 Å². The molecule has 4 aliphatic heterocycles. The third-order valence-corrected chi connectivity index (χ3v) is 12.0. The van der Waals surface area contributed by atoms with E-state index in [-0.39, 0.29) is 11.0 Å². The molecule has 5 rings (SSSR count). The Morgan fingerprint density at radius 2 is 1.04 bits per heavy atom. The van der Waals surface area contributed by atoms with E-state index in [1.807, 2.05) is 12.3 Å². The summed E-state index contributed by atoms with van der Waals surface area (Å²) in [5.41, 5.74) is 4.65. The van der Waals surface area contributed by atoms with Gasteiger partial charge in [-0.15, -0.1) is 0 Å². The molecule has 0 aliphatic carbocycles. The number of nitrogens with zero attached hydrogens (tertiary/aromatic N) is 6. The van der Waals surface area contributed by atoms with Crippen LogP contribution in [0, 0.1) is 28.1 Å². The van der Waals surface area contributed by atoms with Gasteiger partial charge in [-0.3, -0.25) is 9.69 Å². The lowest BCUT2D eigenvalue weighted by molar-refractivity contribution is 0.0459. The van der Waals surface area contributed by atoms with Crippen LogP contribution in [0.5, 0.6) is 0 Å². The van der Waals surface area contributed by atoms with Crippen molar-refractivity contribution in [1.29, 1.82) is 0 Å². The van der Waals surface area contributed by atoms with Gasteiger partial charge in [0.05, 0.1) is 0 Å². The summed E-state index contributed by atoms with van der Waals surface area (Å²) in [6, 6.07) is 3.68. The molecular weight excluding hydrogens is 665 g/mol. The average molecular weight is 757 g/mol. The van der Waals surface area contributed by atoms with Crippen LogP contribution in [0.4, 0.5) is 0 Å².